The topological polar surface area (TPSA) is 97.6 Å². The summed E-state index contributed by atoms with van der Waals surface area (Å²) in [6.07, 6.45) is 0. The first-order valence-electron chi connectivity index (χ1n) is 1.68. The van der Waals surface area contributed by atoms with Crippen LogP contribution in [0.5, 0.6) is 0 Å². The van der Waals surface area contributed by atoms with E-state index in [1.54, 1.807) is 0 Å². The maximum absolute atomic E-state index is 9.68. The third-order valence-electron chi connectivity index (χ3n) is 0.497. The Morgan fingerprint density at radius 3 is 2.56 bits per heavy atom. The van der Waals surface area contributed by atoms with Gasteiger partial charge in [-0.1, -0.05) is 5.21 Å². The minimum Gasteiger partial charge on any atom is -0.390 e. The monoisotopic (exact) mass is 317 g/mol. The molecule has 8 heteroatoms. The van der Waals surface area contributed by atoms with Gasteiger partial charge in [0, 0.05) is 10.3 Å². The first-order valence-corrected chi connectivity index (χ1v) is 1.68. The molecule has 1 heterocycles. The van der Waals surface area contributed by atoms with Gasteiger partial charge >= 0.3 is 33.6 Å². The Balaban J connectivity index is 0.000000640. The molecular weight excluding hydrogens is 315 g/mol. The summed E-state index contributed by atoms with van der Waals surface area (Å²) in [4.78, 5) is 8.95. The van der Waals surface area contributed by atoms with Gasteiger partial charge in [0.2, 0.25) is 0 Å². The van der Waals surface area contributed by atoms with Gasteiger partial charge in [0.05, 0.1) is 5.10 Å². The molecule has 0 fully saturated rings. The number of nitrogens with one attached hydrogen (secondary N) is 1. The van der Waals surface area contributed by atoms with Gasteiger partial charge in [0.1, 0.15) is 0 Å². The quantitative estimate of drug-likeness (QED) is 0.412. The molecule has 1 N–H and O–H groups in total. The normalized spacial score (nSPS) is 8.00. The molecule has 0 bridgehead atoms. The molecule has 0 aliphatic carbocycles. The van der Waals surface area contributed by atoms with E-state index in [-0.39, 0.29) is 27.7 Å². The van der Waals surface area contributed by atoms with Crippen LogP contribution in [0.4, 0.5) is 5.95 Å². The van der Waals surface area contributed by atoms with Crippen molar-refractivity contribution < 1.29 is 32.6 Å². The molecule has 0 unspecified atom stereocenters. The maximum atomic E-state index is 9.68. The van der Waals surface area contributed by atoms with Crippen LogP contribution in [0.3, 0.4) is 0 Å². The first kappa shape index (κ1) is 8.41. The minimum atomic E-state index is -0.733. The zero-order valence-corrected chi connectivity index (χ0v) is 9.81. The van der Waals surface area contributed by atoms with Gasteiger partial charge in [-0.2, -0.15) is 0 Å². The van der Waals surface area contributed by atoms with E-state index in [1.807, 2.05) is 5.21 Å². The predicted molar refractivity (Wildman–Crippen MR) is 20.8 cm³/mol. The predicted octanol–water partition coefficient (Wildman–Crippen LogP) is -0.895. The molecule has 1 aromatic rings. The number of tetrazole rings is 1. The molecule has 7 nitrogen and oxygen atoms in total. The van der Waals surface area contributed by atoms with Crippen LogP contribution in [0.2, 0.25) is 0 Å². The van der Waals surface area contributed by atoms with E-state index < -0.39 is 10.9 Å². The Labute approximate surface area is 69.5 Å². The summed E-state index contributed by atoms with van der Waals surface area (Å²) in [5.74, 6) is -0.509. The van der Waals surface area contributed by atoms with Crippen molar-refractivity contribution in [3.63, 3.8) is 0 Å². The van der Waals surface area contributed by atoms with Crippen molar-refractivity contribution in [2.24, 2.45) is 0 Å². The van der Waals surface area contributed by atoms with Crippen molar-refractivity contribution in [3.8, 4) is 0 Å². The molecule has 42 valence electrons. The van der Waals surface area contributed by atoms with Crippen molar-refractivity contribution in [2.75, 3.05) is 0 Å². The van der Waals surface area contributed by atoms with Crippen LogP contribution in [0.25, 0.3) is 0 Å². The number of hydrogen-bond donors (Lipinski definition) is 1. The molecule has 9 heavy (non-hydrogen) atoms. The second-order valence-electron chi connectivity index (χ2n) is 0.969. The Hall–Kier alpha value is -0.595. The van der Waals surface area contributed by atoms with Crippen molar-refractivity contribution in [1.82, 2.24) is 20.6 Å². The van der Waals surface area contributed by atoms with Crippen LogP contribution < -0.4 is 0 Å². The van der Waals surface area contributed by atoms with E-state index in [4.69, 9.17) is 0 Å². The van der Waals surface area contributed by atoms with E-state index in [0.717, 1.165) is 0 Å². The Morgan fingerprint density at radius 1 is 1.67 bits per heavy atom. The number of aromatic nitrogens is 4. The SMILES string of the molecule is O=[N+]([O-])c1nn[nH]n1.[Hg+2]. The van der Waals surface area contributed by atoms with Crippen LogP contribution in [0.15, 0.2) is 0 Å². The number of aromatic amines is 1. The number of nitrogens with zero attached hydrogens (tertiary/aromatic N) is 4. The Kier molecular flexibility index (Phi) is 3.21. The minimum absolute atomic E-state index is 0. The fourth-order valence-electron chi connectivity index (χ4n) is 0.234. The average Bonchev–Trinajstić information content (AvgIpc) is 2.12. The summed E-state index contributed by atoms with van der Waals surface area (Å²) in [7, 11) is 0. The molecule has 0 aliphatic heterocycles. The first-order chi connectivity index (χ1) is 3.80. The van der Waals surface area contributed by atoms with Gasteiger partial charge < -0.3 is 10.1 Å². The number of rotatable bonds is 1. The van der Waals surface area contributed by atoms with E-state index in [1.165, 1.54) is 0 Å². The summed E-state index contributed by atoms with van der Waals surface area (Å²) in [6, 6.07) is 0. The van der Waals surface area contributed by atoms with Crippen LogP contribution in [-0.4, -0.2) is 25.5 Å². The number of nitro groups is 1. The van der Waals surface area contributed by atoms with Gasteiger partial charge in [-0.05, 0) is 4.92 Å². The zero-order chi connectivity index (χ0) is 5.98. The van der Waals surface area contributed by atoms with Crippen molar-refractivity contribution in [2.45, 2.75) is 0 Å². The van der Waals surface area contributed by atoms with Crippen LogP contribution in [-0.2, 0) is 27.7 Å². The second kappa shape index (κ2) is 3.43. The van der Waals surface area contributed by atoms with E-state index in [2.05, 4.69) is 15.4 Å². The molecule has 0 amide bonds. The molecule has 1 aromatic heterocycles. The van der Waals surface area contributed by atoms with E-state index in [9.17, 15) is 10.1 Å². The molecule has 0 saturated heterocycles. The summed E-state index contributed by atoms with van der Waals surface area (Å²) in [6.45, 7) is 0. The van der Waals surface area contributed by atoms with Crippen molar-refractivity contribution in [1.29, 1.82) is 0 Å². The van der Waals surface area contributed by atoms with Gasteiger partial charge in [-0.3, -0.25) is 0 Å². The summed E-state index contributed by atoms with van der Waals surface area (Å²) in [5.41, 5.74) is 0. The van der Waals surface area contributed by atoms with Crippen LogP contribution in [0.1, 0.15) is 0 Å². The van der Waals surface area contributed by atoms with Gasteiger partial charge in [-0.15, -0.1) is 0 Å². The fourth-order valence-corrected chi connectivity index (χ4v) is 0.234. The molecule has 0 aromatic carbocycles. The molecule has 0 aliphatic rings. The Morgan fingerprint density at radius 2 is 2.33 bits per heavy atom. The molecular formula is CHHgN5O2+2. The zero-order valence-electron chi connectivity index (χ0n) is 4.31. The molecule has 0 saturated carbocycles. The van der Waals surface area contributed by atoms with E-state index in [0.29, 0.717) is 0 Å². The maximum Gasteiger partial charge on any atom is 2.00 e. The summed E-state index contributed by atoms with van der Waals surface area (Å²) < 4.78 is 0. The van der Waals surface area contributed by atoms with Crippen molar-refractivity contribution in [3.05, 3.63) is 10.1 Å². The summed E-state index contributed by atoms with van der Waals surface area (Å²) >= 11 is 0. The molecule has 0 spiro atoms. The van der Waals surface area contributed by atoms with Gasteiger partial charge in [0.25, 0.3) is 0 Å². The third kappa shape index (κ3) is 2.00. The third-order valence-corrected chi connectivity index (χ3v) is 0.497. The number of H-pyrrole nitrogens is 1. The largest absolute Gasteiger partial charge is 2.00 e. The standard InChI is InChI=1S/CHN5O2.Hg/c7-6(8)1-2-4-5-3-1;/h(H,2,3,4,5);/q;+2. The van der Waals surface area contributed by atoms with Gasteiger partial charge in [0.15, 0.2) is 0 Å². The average molecular weight is 316 g/mol. The van der Waals surface area contributed by atoms with Gasteiger partial charge in [-0.25, -0.2) is 0 Å². The molecule has 0 radical (unpaired) electrons. The summed E-state index contributed by atoms with van der Waals surface area (Å²) in [5, 5.41) is 20.7. The van der Waals surface area contributed by atoms with Crippen LogP contribution in [0, 0.1) is 10.1 Å². The number of hydrogen-bond acceptors (Lipinski definition) is 5. The molecule has 1 rings (SSSR count). The smallest absolute Gasteiger partial charge is 0.390 e. The fraction of sp³-hybridized carbons (Fsp3) is 0. The van der Waals surface area contributed by atoms with Crippen molar-refractivity contribution >= 4 is 5.95 Å². The molecule has 0 atom stereocenters. The second-order valence-corrected chi connectivity index (χ2v) is 0.969. The van der Waals surface area contributed by atoms with E-state index >= 15 is 0 Å². The Bertz CT molecular complexity index is 183. The van der Waals surface area contributed by atoms with Crippen LogP contribution >= 0.6 is 0 Å².